The van der Waals surface area contributed by atoms with Crippen molar-refractivity contribution in [1.29, 1.82) is 0 Å². The lowest BCUT2D eigenvalue weighted by Gasteiger charge is -2.11. The normalized spacial score (nSPS) is 11.5. The zero-order chi connectivity index (χ0) is 10.4. The van der Waals surface area contributed by atoms with E-state index in [9.17, 15) is 14.4 Å². The van der Waals surface area contributed by atoms with E-state index in [0.717, 1.165) is 0 Å². The maximum absolute atomic E-state index is 10.6. The van der Waals surface area contributed by atoms with Crippen molar-refractivity contribution < 1.29 is 24.6 Å². The molecule has 0 rings (SSSR count). The Morgan fingerprint density at radius 3 is 2.15 bits per heavy atom. The Morgan fingerprint density at radius 1 is 1.31 bits per heavy atom. The van der Waals surface area contributed by atoms with E-state index in [0.29, 0.717) is 0 Å². The minimum Gasteiger partial charge on any atom is -0.481 e. The van der Waals surface area contributed by atoms with Crippen molar-refractivity contribution >= 4 is 18.0 Å². The number of hydrogen-bond donors (Lipinski definition) is 4. The number of nitrogens with one attached hydrogen (secondary N) is 2. The van der Waals surface area contributed by atoms with E-state index < -0.39 is 30.4 Å². The third kappa shape index (κ3) is 4.62. The topological polar surface area (TPSA) is 116 Å². The van der Waals surface area contributed by atoms with Gasteiger partial charge in [-0.15, -0.1) is 0 Å². The van der Waals surface area contributed by atoms with E-state index >= 15 is 0 Å². The summed E-state index contributed by atoms with van der Waals surface area (Å²) in [5.74, 6) is -2.67. The lowest BCUT2D eigenvalue weighted by atomic mass is 10.2. The van der Waals surface area contributed by atoms with Crippen LogP contribution in [-0.4, -0.2) is 41.3 Å². The van der Waals surface area contributed by atoms with Crippen LogP contribution >= 0.6 is 0 Å². The van der Waals surface area contributed by atoms with Gasteiger partial charge < -0.3 is 20.8 Å². The van der Waals surface area contributed by atoms with Gasteiger partial charge in [0.1, 0.15) is 6.04 Å². The predicted molar refractivity (Wildman–Crippen MR) is 41.3 cm³/mol. The second-order valence-electron chi connectivity index (χ2n) is 2.21. The molecule has 4 N–H and O–H groups in total. The van der Waals surface area contributed by atoms with Gasteiger partial charge in [-0.05, 0) is 0 Å². The lowest BCUT2D eigenvalue weighted by molar-refractivity contribution is -0.145. The smallest absolute Gasteiger partial charge is 0.326 e. The molecule has 0 aliphatic carbocycles. The van der Waals surface area contributed by atoms with Gasteiger partial charge in [-0.3, -0.25) is 4.79 Å². The Bertz CT molecular complexity index is 227. The quantitative estimate of drug-likeness (QED) is 0.446. The van der Waals surface area contributed by atoms with Crippen LogP contribution in [0.15, 0.2) is 0 Å². The van der Waals surface area contributed by atoms with Gasteiger partial charge in [0.2, 0.25) is 0 Å². The predicted octanol–water partition coefficient (Wildman–Crippen LogP) is -1.16. The summed E-state index contributed by atoms with van der Waals surface area (Å²) in [5.41, 5.74) is 0. The minimum atomic E-state index is -1.41. The van der Waals surface area contributed by atoms with E-state index in [2.05, 4.69) is 5.32 Å². The van der Waals surface area contributed by atoms with Gasteiger partial charge >= 0.3 is 18.0 Å². The number of amides is 2. The Kier molecular flexibility index (Phi) is 4.28. The summed E-state index contributed by atoms with van der Waals surface area (Å²) in [7, 11) is 1.30. The fourth-order valence-corrected chi connectivity index (χ4v) is 0.605. The molecule has 1 unspecified atom stereocenters. The van der Waals surface area contributed by atoms with E-state index in [1.807, 2.05) is 5.32 Å². The molecular weight excluding hydrogens is 180 g/mol. The summed E-state index contributed by atoms with van der Waals surface area (Å²) in [5, 5.41) is 20.8. The fourth-order valence-electron chi connectivity index (χ4n) is 0.605. The Hall–Kier alpha value is -1.79. The summed E-state index contributed by atoms with van der Waals surface area (Å²) >= 11 is 0. The molecule has 1 atom stereocenters. The number of carboxylic acids is 2. The first-order valence-electron chi connectivity index (χ1n) is 3.40. The molecule has 13 heavy (non-hydrogen) atoms. The molecular formula is C6H10N2O5. The fraction of sp³-hybridized carbons (Fsp3) is 0.500. The van der Waals surface area contributed by atoms with Crippen LogP contribution in [0.25, 0.3) is 0 Å². The standard InChI is InChI=1S/C6H10N2O5/c1-7-6(13)8-3(5(11)12)2-4(9)10/h3H,2H2,1H3,(H,9,10)(H,11,12)(H2,7,8,13). The SMILES string of the molecule is CNC(=O)NC(CC(=O)O)C(=O)O. The van der Waals surface area contributed by atoms with Crippen molar-refractivity contribution in [2.45, 2.75) is 12.5 Å². The highest BCUT2D eigenvalue weighted by atomic mass is 16.4. The van der Waals surface area contributed by atoms with Crippen LogP contribution in [0, 0.1) is 0 Å². The summed E-state index contributed by atoms with van der Waals surface area (Å²) in [6, 6.07) is -2.13. The number of carbonyl (C=O) groups excluding carboxylic acids is 1. The zero-order valence-corrected chi connectivity index (χ0v) is 6.90. The number of carbonyl (C=O) groups is 3. The van der Waals surface area contributed by atoms with E-state index in [1.54, 1.807) is 0 Å². The molecule has 0 spiro atoms. The van der Waals surface area contributed by atoms with Crippen molar-refractivity contribution in [1.82, 2.24) is 10.6 Å². The molecule has 7 nitrogen and oxygen atoms in total. The first kappa shape index (κ1) is 11.2. The molecule has 0 bridgehead atoms. The van der Waals surface area contributed by atoms with Crippen molar-refractivity contribution in [2.75, 3.05) is 7.05 Å². The molecule has 7 heteroatoms. The van der Waals surface area contributed by atoms with Gasteiger partial charge in [0.15, 0.2) is 0 Å². The molecule has 0 aromatic heterocycles. The zero-order valence-electron chi connectivity index (χ0n) is 6.90. The maximum Gasteiger partial charge on any atom is 0.326 e. The lowest BCUT2D eigenvalue weighted by Crippen LogP contribution is -2.45. The molecule has 0 aromatic rings. The van der Waals surface area contributed by atoms with Gasteiger partial charge in [0.05, 0.1) is 6.42 Å². The highest BCUT2D eigenvalue weighted by Gasteiger charge is 2.22. The third-order valence-electron chi connectivity index (χ3n) is 1.21. The molecule has 74 valence electrons. The number of hydrogen-bond acceptors (Lipinski definition) is 3. The van der Waals surface area contributed by atoms with Crippen LogP contribution in [0.4, 0.5) is 4.79 Å². The molecule has 0 aliphatic rings. The van der Waals surface area contributed by atoms with Crippen molar-refractivity contribution in [2.24, 2.45) is 0 Å². The molecule has 0 saturated carbocycles. The summed E-state index contributed by atoms with van der Waals surface area (Å²) in [6.07, 6.45) is -0.650. The van der Waals surface area contributed by atoms with E-state index in [1.165, 1.54) is 7.05 Å². The van der Waals surface area contributed by atoms with Gasteiger partial charge in [0.25, 0.3) is 0 Å². The summed E-state index contributed by atoms with van der Waals surface area (Å²) < 4.78 is 0. The van der Waals surface area contributed by atoms with Crippen LogP contribution < -0.4 is 10.6 Å². The first-order valence-corrected chi connectivity index (χ1v) is 3.40. The second kappa shape index (κ2) is 4.96. The molecule has 0 radical (unpaired) electrons. The third-order valence-corrected chi connectivity index (χ3v) is 1.21. The summed E-state index contributed by atoms with van der Waals surface area (Å²) in [6.45, 7) is 0. The van der Waals surface area contributed by atoms with Crippen LogP contribution in [0.3, 0.4) is 0 Å². The molecule has 0 fully saturated rings. The van der Waals surface area contributed by atoms with Crippen LogP contribution in [0.5, 0.6) is 0 Å². The number of urea groups is 1. The van der Waals surface area contributed by atoms with Crippen LogP contribution in [-0.2, 0) is 9.59 Å². The van der Waals surface area contributed by atoms with Gasteiger partial charge in [-0.1, -0.05) is 0 Å². The molecule has 0 heterocycles. The van der Waals surface area contributed by atoms with Crippen molar-refractivity contribution in [3.8, 4) is 0 Å². The molecule has 0 saturated heterocycles. The molecule has 0 aromatic carbocycles. The van der Waals surface area contributed by atoms with Crippen LogP contribution in [0.2, 0.25) is 0 Å². The first-order chi connectivity index (χ1) is 5.97. The average Bonchev–Trinajstić information content (AvgIpc) is 2.02. The molecule has 0 aliphatic heterocycles. The maximum atomic E-state index is 10.6. The largest absolute Gasteiger partial charge is 0.481 e. The van der Waals surface area contributed by atoms with Gasteiger partial charge in [0, 0.05) is 7.05 Å². The monoisotopic (exact) mass is 190 g/mol. The van der Waals surface area contributed by atoms with Gasteiger partial charge in [-0.25, -0.2) is 9.59 Å². The summed E-state index contributed by atoms with van der Waals surface area (Å²) in [4.78, 5) is 31.2. The highest BCUT2D eigenvalue weighted by Crippen LogP contribution is 1.92. The average molecular weight is 190 g/mol. The number of aliphatic carboxylic acids is 2. The number of rotatable bonds is 4. The van der Waals surface area contributed by atoms with E-state index in [-0.39, 0.29) is 0 Å². The van der Waals surface area contributed by atoms with Crippen molar-refractivity contribution in [3.63, 3.8) is 0 Å². The Morgan fingerprint density at radius 2 is 1.85 bits per heavy atom. The molecule has 2 amide bonds. The van der Waals surface area contributed by atoms with E-state index in [4.69, 9.17) is 10.2 Å². The second-order valence-corrected chi connectivity index (χ2v) is 2.21. The Labute approximate surface area is 73.7 Å². The minimum absolute atomic E-state index is 0.650. The van der Waals surface area contributed by atoms with Crippen LogP contribution in [0.1, 0.15) is 6.42 Å². The number of carboxylic acid groups (broad SMARTS) is 2. The van der Waals surface area contributed by atoms with Gasteiger partial charge in [-0.2, -0.15) is 0 Å². The van der Waals surface area contributed by atoms with Crippen molar-refractivity contribution in [3.05, 3.63) is 0 Å². The highest BCUT2D eigenvalue weighted by molar-refractivity contribution is 5.85. The Balaban J connectivity index is 4.18.